The molecule has 0 aliphatic heterocycles. The Morgan fingerprint density at radius 2 is 2.20 bits per heavy atom. The minimum atomic E-state index is 0.733. The summed E-state index contributed by atoms with van der Waals surface area (Å²) in [7, 11) is 1.66. The summed E-state index contributed by atoms with van der Waals surface area (Å²) in [5.41, 5.74) is 1.15. The van der Waals surface area contributed by atoms with Crippen LogP contribution in [0.3, 0.4) is 0 Å². The minimum Gasteiger partial charge on any atom is -0.497 e. The Morgan fingerprint density at radius 1 is 1.40 bits per heavy atom. The van der Waals surface area contributed by atoms with E-state index in [0.717, 1.165) is 36.5 Å². The van der Waals surface area contributed by atoms with Crippen LogP contribution in [-0.4, -0.2) is 13.7 Å². The maximum absolute atomic E-state index is 5.65. The van der Waals surface area contributed by atoms with Crippen LogP contribution in [0.4, 0.5) is 0 Å². The molecule has 0 saturated heterocycles. The Hall–Kier alpha value is -1.44. The second kappa shape index (κ2) is 6.12. The van der Waals surface area contributed by atoms with Gasteiger partial charge in [0.2, 0.25) is 0 Å². The first-order valence-electron chi connectivity index (χ1n) is 5.22. The van der Waals surface area contributed by atoms with Gasteiger partial charge in [-0.15, -0.1) is 6.58 Å². The average molecular weight is 206 g/mol. The number of rotatable bonds is 6. The zero-order chi connectivity index (χ0) is 11.1. The molecule has 0 saturated carbocycles. The van der Waals surface area contributed by atoms with Crippen molar-refractivity contribution < 1.29 is 9.47 Å². The minimum absolute atomic E-state index is 0.733. The molecule has 0 amide bonds. The Morgan fingerprint density at radius 3 is 2.80 bits per heavy atom. The van der Waals surface area contributed by atoms with E-state index in [2.05, 4.69) is 13.5 Å². The first-order valence-corrected chi connectivity index (χ1v) is 5.22. The van der Waals surface area contributed by atoms with Gasteiger partial charge in [-0.25, -0.2) is 0 Å². The number of hydrogen-bond acceptors (Lipinski definition) is 2. The summed E-state index contributed by atoms with van der Waals surface area (Å²) in [5.74, 6) is 1.73. The molecular weight excluding hydrogens is 188 g/mol. The summed E-state index contributed by atoms with van der Waals surface area (Å²) >= 11 is 0. The van der Waals surface area contributed by atoms with Gasteiger partial charge in [0.1, 0.15) is 11.5 Å². The van der Waals surface area contributed by atoms with Crippen LogP contribution in [0.5, 0.6) is 11.5 Å². The monoisotopic (exact) mass is 206 g/mol. The van der Waals surface area contributed by atoms with Crippen molar-refractivity contribution in [3.63, 3.8) is 0 Å². The first kappa shape index (κ1) is 11.6. The average Bonchev–Trinajstić information content (AvgIpc) is 2.28. The summed E-state index contributed by atoms with van der Waals surface area (Å²) in [6.07, 6.45) is 3.70. The van der Waals surface area contributed by atoms with Crippen molar-refractivity contribution in [3.05, 3.63) is 36.4 Å². The van der Waals surface area contributed by atoms with Gasteiger partial charge < -0.3 is 9.47 Å². The highest BCUT2D eigenvalue weighted by Gasteiger charge is 2.03. The van der Waals surface area contributed by atoms with Crippen molar-refractivity contribution in [2.75, 3.05) is 13.7 Å². The Balaban J connectivity index is 2.88. The molecule has 0 heterocycles. The van der Waals surface area contributed by atoms with E-state index in [1.165, 1.54) is 0 Å². The van der Waals surface area contributed by atoms with Gasteiger partial charge >= 0.3 is 0 Å². The Kier molecular flexibility index (Phi) is 4.75. The topological polar surface area (TPSA) is 18.5 Å². The highest BCUT2D eigenvalue weighted by molar-refractivity contribution is 5.41. The van der Waals surface area contributed by atoms with E-state index in [9.17, 15) is 0 Å². The van der Waals surface area contributed by atoms with Crippen LogP contribution in [0, 0.1) is 0 Å². The molecule has 82 valence electrons. The largest absolute Gasteiger partial charge is 0.497 e. The van der Waals surface area contributed by atoms with Crippen LogP contribution in [0.25, 0.3) is 0 Å². The second-order valence-electron chi connectivity index (χ2n) is 3.31. The summed E-state index contributed by atoms with van der Waals surface area (Å²) in [6.45, 7) is 6.56. The van der Waals surface area contributed by atoms with E-state index < -0.39 is 0 Å². The van der Waals surface area contributed by atoms with Crippen molar-refractivity contribution in [2.45, 2.75) is 19.8 Å². The smallest absolute Gasteiger partial charge is 0.126 e. The lowest BCUT2D eigenvalue weighted by Crippen LogP contribution is -1.99. The van der Waals surface area contributed by atoms with Crippen LogP contribution in [-0.2, 0) is 6.42 Å². The zero-order valence-electron chi connectivity index (χ0n) is 9.45. The number of ether oxygens (including phenoxy) is 2. The molecule has 0 bridgehead atoms. The van der Waals surface area contributed by atoms with E-state index in [4.69, 9.17) is 9.47 Å². The first-order chi connectivity index (χ1) is 7.31. The number of benzene rings is 1. The van der Waals surface area contributed by atoms with Crippen LogP contribution in [0.2, 0.25) is 0 Å². The number of allylic oxidation sites excluding steroid dienone is 1. The summed E-state index contributed by atoms with van der Waals surface area (Å²) < 4.78 is 10.8. The Bertz CT molecular complexity index is 318. The molecular formula is C13H18O2. The molecule has 2 nitrogen and oxygen atoms in total. The third kappa shape index (κ3) is 3.31. The van der Waals surface area contributed by atoms with Crippen molar-refractivity contribution in [2.24, 2.45) is 0 Å². The van der Waals surface area contributed by atoms with E-state index in [-0.39, 0.29) is 0 Å². The van der Waals surface area contributed by atoms with Crippen LogP contribution in [0.1, 0.15) is 18.9 Å². The third-order valence-corrected chi connectivity index (χ3v) is 2.10. The fraction of sp³-hybridized carbons (Fsp3) is 0.385. The van der Waals surface area contributed by atoms with Gasteiger partial charge in [0, 0.05) is 6.07 Å². The predicted octanol–water partition coefficient (Wildman–Crippen LogP) is 3.21. The molecule has 0 N–H and O–H groups in total. The van der Waals surface area contributed by atoms with Gasteiger partial charge in [0.05, 0.1) is 13.7 Å². The lowest BCUT2D eigenvalue weighted by atomic mass is 10.1. The number of hydrogen-bond donors (Lipinski definition) is 0. The Labute approximate surface area is 91.5 Å². The van der Waals surface area contributed by atoms with Gasteiger partial charge in [-0.2, -0.15) is 0 Å². The maximum atomic E-state index is 5.65. The molecule has 15 heavy (non-hydrogen) atoms. The molecule has 0 aliphatic rings. The van der Waals surface area contributed by atoms with Crippen molar-refractivity contribution in [1.29, 1.82) is 0 Å². The van der Waals surface area contributed by atoms with Crippen molar-refractivity contribution in [1.82, 2.24) is 0 Å². The van der Waals surface area contributed by atoms with Crippen molar-refractivity contribution >= 4 is 0 Å². The van der Waals surface area contributed by atoms with Gasteiger partial charge in [-0.1, -0.05) is 19.1 Å². The molecule has 1 aromatic rings. The van der Waals surface area contributed by atoms with E-state index >= 15 is 0 Å². The molecule has 1 aromatic carbocycles. The van der Waals surface area contributed by atoms with Gasteiger partial charge in [0.25, 0.3) is 0 Å². The molecule has 0 aliphatic carbocycles. The lowest BCUT2D eigenvalue weighted by molar-refractivity contribution is 0.312. The molecule has 0 aromatic heterocycles. The lowest BCUT2D eigenvalue weighted by Gasteiger charge is -2.11. The quantitative estimate of drug-likeness (QED) is 0.665. The van der Waals surface area contributed by atoms with Gasteiger partial charge in [-0.05, 0) is 24.5 Å². The summed E-state index contributed by atoms with van der Waals surface area (Å²) in [6, 6.07) is 5.89. The maximum Gasteiger partial charge on any atom is 0.126 e. The molecule has 0 radical (unpaired) electrons. The second-order valence-corrected chi connectivity index (χ2v) is 3.31. The zero-order valence-corrected chi connectivity index (χ0v) is 9.45. The SMILES string of the molecule is C=CCc1ccc(OC)cc1OCCC. The van der Waals surface area contributed by atoms with E-state index in [1.807, 2.05) is 24.3 Å². The molecule has 0 fully saturated rings. The highest BCUT2D eigenvalue weighted by Crippen LogP contribution is 2.25. The third-order valence-electron chi connectivity index (χ3n) is 2.10. The predicted molar refractivity (Wildman–Crippen MR) is 62.7 cm³/mol. The van der Waals surface area contributed by atoms with Gasteiger partial charge in [-0.3, -0.25) is 0 Å². The van der Waals surface area contributed by atoms with Crippen LogP contribution < -0.4 is 9.47 Å². The number of methoxy groups -OCH3 is 1. The van der Waals surface area contributed by atoms with E-state index in [1.54, 1.807) is 7.11 Å². The highest BCUT2D eigenvalue weighted by atomic mass is 16.5. The van der Waals surface area contributed by atoms with Crippen molar-refractivity contribution in [3.8, 4) is 11.5 Å². The fourth-order valence-corrected chi connectivity index (χ4v) is 1.33. The molecule has 0 unspecified atom stereocenters. The standard InChI is InChI=1S/C13H18O2/c1-4-6-11-7-8-12(14-3)10-13(11)15-9-5-2/h4,7-8,10H,1,5-6,9H2,2-3H3. The summed E-state index contributed by atoms with van der Waals surface area (Å²) in [5, 5.41) is 0. The molecule has 1 rings (SSSR count). The van der Waals surface area contributed by atoms with Gasteiger partial charge in [0.15, 0.2) is 0 Å². The molecule has 2 heteroatoms. The van der Waals surface area contributed by atoms with E-state index in [0.29, 0.717) is 0 Å². The van der Waals surface area contributed by atoms with Crippen LogP contribution in [0.15, 0.2) is 30.9 Å². The summed E-state index contributed by atoms with van der Waals surface area (Å²) in [4.78, 5) is 0. The normalized spacial score (nSPS) is 9.73. The fourth-order valence-electron chi connectivity index (χ4n) is 1.33. The molecule has 0 atom stereocenters. The van der Waals surface area contributed by atoms with Crippen LogP contribution >= 0.6 is 0 Å². The molecule has 0 spiro atoms.